The molecule has 1 aliphatic heterocycles. The zero-order chi connectivity index (χ0) is 23.7. The molecule has 1 saturated heterocycles. The number of halogens is 1. The molecule has 4 rings (SSSR count). The summed E-state index contributed by atoms with van der Waals surface area (Å²) in [4.78, 5) is 33.7. The quantitative estimate of drug-likeness (QED) is 0.510. The fraction of sp³-hybridized carbons (Fsp3) is 0.458. The molecule has 3 aromatic rings. The predicted octanol–water partition coefficient (Wildman–Crippen LogP) is 2.80. The minimum atomic E-state index is -0.351. The monoisotopic (exact) mass is 514 g/mol. The summed E-state index contributed by atoms with van der Waals surface area (Å²) in [6.45, 7) is 6.39. The Balaban J connectivity index is 1.84. The van der Waals surface area contributed by atoms with E-state index in [0.29, 0.717) is 43.2 Å². The van der Waals surface area contributed by atoms with Crippen LogP contribution in [0.15, 0.2) is 50.0 Å². The van der Waals surface area contributed by atoms with E-state index in [4.69, 9.17) is 10.7 Å². The van der Waals surface area contributed by atoms with E-state index in [1.165, 1.54) is 9.13 Å². The molecule has 176 valence electrons. The van der Waals surface area contributed by atoms with E-state index in [2.05, 4.69) is 26.9 Å². The Bertz CT molecular complexity index is 1310. The van der Waals surface area contributed by atoms with Gasteiger partial charge in [0, 0.05) is 43.7 Å². The van der Waals surface area contributed by atoms with Crippen molar-refractivity contribution >= 4 is 33.0 Å². The molecule has 0 aliphatic carbocycles. The number of anilines is 1. The van der Waals surface area contributed by atoms with Gasteiger partial charge >= 0.3 is 5.69 Å². The van der Waals surface area contributed by atoms with E-state index in [1.54, 1.807) is 7.05 Å². The Labute approximate surface area is 201 Å². The maximum atomic E-state index is 13.6. The predicted molar refractivity (Wildman–Crippen MR) is 136 cm³/mol. The topological polar surface area (TPSA) is 91.1 Å². The molecule has 3 heterocycles. The van der Waals surface area contributed by atoms with Gasteiger partial charge in [-0.1, -0.05) is 39.7 Å². The van der Waals surface area contributed by atoms with Crippen molar-refractivity contribution in [1.82, 2.24) is 18.7 Å². The lowest BCUT2D eigenvalue weighted by Gasteiger charge is -2.31. The van der Waals surface area contributed by atoms with Crippen molar-refractivity contribution in [2.45, 2.75) is 52.2 Å². The number of benzene rings is 1. The fourth-order valence-corrected chi connectivity index (χ4v) is 4.82. The Kier molecular flexibility index (Phi) is 6.90. The first-order valence-electron chi connectivity index (χ1n) is 11.3. The first-order chi connectivity index (χ1) is 15.8. The van der Waals surface area contributed by atoms with Gasteiger partial charge in [-0.25, -0.2) is 4.79 Å². The third kappa shape index (κ3) is 4.84. The summed E-state index contributed by atoms with van der Waals surface area (Å²) in [7, 11) is 1.68. The summed E-state index contributed by atoms with van der Waals surface area (Å²) in [5.74, 6) is 0.703. The molecule has 2 aromatic heterocycles. The third-order valence-electron chi connectivity index (χ3n) is 6.15. The number of nitrogens with two attached hydrogens (primary N) is 1. The van der Waals surface area contributed by atoms with Crippen molar-refractivity contribution in [2.24, 2.45) is 12.8 Å². The molecule has 2 N–H and O–H groups in total. The molecule has 1 atom stereocenters. The van der Waals surface area contributed by atoms with Crippen LogP contribution < -0.4 is 21.9 Å². The zero-order valence-electron chi connectivity index (χ0n) is 19.4. The minimum Gasteiger partial charge on any atom is -0.341 e. The average Bonchev–Trinajstić information content (AvgIpc) is 3.16. The molecule has 0 radical (unpaired) electrons. The third-order valence-corrected chi connectivity index (χ3v) is 6.64. The van der Waals surface area contributed by atoms with Crippen molar-refractivity contribution in [3.05, 3.63) is 66.8 Å². The smallest absolute Gasteiger partial charge is 0.332 e. The van der Waals surface area contributed by atoms with Crippen molar-refractivity contribution < 1.29 is 0 Å². The number of hydrogen-bond donors (Lipinski definition) is 1. The molecule has 8 nitrogen and oxygen atoms in total. The van der Waals surface area contributed by atoms with Gasteiger partial charge in [-0.2, -0.15) is 4.98 Å². The molecule has 0 spiro atoms. The van der Waals surface area contributed by atoms with E-state index in [9.17, 15) is 9.59 Å². The van der Waals surface area contributed by atoms with Crippen LogP contribution in [0.5, 0.6) is 0 Å². The second-order valence-electron chi connectivity index (χ2n) is 9.00. The van der Waals surface area contributed by atoms with Crippen molar-refractivity contribution in [1.29, 1.82) is 0 Å². The fourth-order valence-electron chi connectivity index (χ4n) is 4.37. The van der Waals surface area contributed by atoms with Crippen LogP contribution in [0.1, 0.15) is 32.3 Å². The van der Waals surface area contributed by atoms with Crippen molar-refractivity contribution in [3.8, 4) is 0 Å². The highest BCUT2D eigenvalue weighted by Crippen LogP contribution is 2.23. The molecule has 1 aliphatic rings. The van der Waals surface area contributed by atoms with Crippen LogP contribution in [0.2, 0.25) is 0 Å². The number of aromatic nitrogens is 4. The summed E-state index contributed by atoms with van der Waals surface area (Å²) >= 11 is 3.48. The van der Waals surface area contributed by atoms with Gasteiger partial charge in [-0.3, -0.25) is 13.9 Å². The molecule has 0 saturated carbocycles. The number of rotatable bonds is 6. The lowest BCUT2D eigenvalue weighted by atomic mass is 10.1. The normalized spacial score (nSPS) is 16.4. The number of aryl methyl sites for hydroxylation is 2. The first-order valence-corrected chi connectivity index (χ1v) is 12.1. The number of piperidine rings is 1. The first kappa shape index (κ1) is 23.5. The molecule has 0 bridgehead atoms. The Morgan fingerprint density at radius 3 is 2.76 bits per heavy atom. The van der Waals surface area contributed by atoms with E-state index in [1.807, 2.05) is 42.7 Å². The van der Waals surface area contributed by atoms with Crippen LogP contribution >= 0.6 is 15.9 Å². The summed E-state index contributed by atoms with van der Waals surface area (Å²) in [6.07, 6.45) is 4.61. The van der Waals surface area contributed by atoms with Crippen LogP contribution in [0.25, 0.3) is 11.2 Å². The second-order valence-corrected chi connectivity index (χ2v) is 9.92. The van der Waals surface area contributed by atoms with E-state index in [0.717, 1.165) is 35.0 Å². The molecule has 9 heteroatoms. The molecule has 33 heavy (non-hydrogen) atoms. The van der Waals surface area contributed by atoms with E-state index >= 15 is 0 Å². The van der Waals surface area contributed by atoms with Crippen molar-refractivity contribution in [3.63, 3.8) is 0 Å². The zero-order valence-corrected chi connectivity index (χ0v) is 21.0. The maximum absolute atomic E-state index is 13.6. The number of allylic oxidation sites excluding steroid dienone is 2. The highest BCUT2D eigenvalue weighted by atomic mass is 79.9. The van der Waals surface area contributed by atoms with Gasteiger partial charge < -0.3 is 15.2 Å². The maximum Gasteiger partial charge on any atom is 0.332 e. The number of hydrogen-bond acceptors (Lipinski definition) is 5. The Hall–Kier alpha value is -2.65. The number of imidazole rings is 1. The van der Waals surface area contributed by atoms with Crippen LogP contribution in [0, 0.1) is 0 Å². The summed E-state index contributed by atoms with van der Waals surface area (Å²) < 4.78 is 5.73. The molecule has 1 unspecified atom stereocenters. The van der Waals surface area contributed by atoms with Gasteiger partial charge in [0.05, 0.1) is 0 Å². The lowest BCUT2D eigenvalue weighted by Crippen LogP contribution is -2.44. The van der Waals surface area contributed by atoms with Gasteiger partial charge in [-0.05, 0) is 50.8 Å². The molecular weight excluding hydrogens is 484 g/mol. The van der Waals surface area contributed by atoms with E-state index in [-0.39, 0.29) is 17.3 Å². The Morgan fingerprint density at radius 2 is 2.06 bits per heavy atom. The number of nitrogens with zero attached hydrogens (tertiary/aromatic N) is 5. The average molecular weight is 515 g/mol. The van der Waals surface area contributed by atoms with Crippen LogP contribution in [0.3, 0.4) is 0 Å². The second kappa shape index (κ2) is 9.69. The van der Waals surface area contributed by atoms with E-state index < -0.39 is 0 Å². The largest absolute Gasteiger partial charge is 0.341 e. The Morgan fingerprint density at radius 1 is 1.27 bits per heavy atom. The van der Waals surface area contributed by atoms with Gasteiger partial charge in [0.2, 0.25) is 5.95 Å². The highest BCUT2D eigenvalue weighted by Gasteiger charge is 2.26. The lowest BCUT2D eigenvalue weighted by molar-refractivity contribution is 0.495. The van der Waals surface area contributed by atoms with Gasteiger partial charge in [-0.15, -0.1) is 0 Å². The summed E-state index contributed by atoms with van der Waals surface area (Å²) in [6, 6.07) is 7.98. The molecule has 0 amide bonds. The van der Waals surface area contributed by atoms with Gasteiger partial charge in [0.25, 0.3) is 5.56 Å². The summed E-state index contributed by atoms with van der Waals surface area (Å²) in [5, 5.41) is 0. The van der Waals surface area contributed by atoms with Crippen LogP contribution in [-0.2, 0) is 26.6 Å². The van der Waals surface area contributed by atoms with Gasteiger partial charge in [0.1, 0.15) is 0 Å². The highest BCUT2D eigenvalue weighted by molar-refractivity contribution is 9.10. The van der Waals surface area contributed by atoms with Crippen molar-refractivity contribution in [2.75, 3.05) is 18.0 Å². The standard InChI is InChI=1S/C24H31BrN6O2/c1-16(2)9-12-30-20-21(27-23(30)29-11-5-8-19(26)15-29)28(3)24(33)31(22(20)32)13-10-17-6-4-7-18(25)14-17/h4,6-7,9,14,19H,5,8,10-13,15,26H2,1-3H3. The van der Waals surface area contributed by atoms with Crippen LogP contribution in [-0.4, -0.2) is 37.8 Å². The molecule has 1 aromatic carbocycles. The molecule has 1 fully saturated rings. The number of fused-ring (bicyclic) bond motifs is 1. The summed E-state index contributed by atoms with van der Waals surface area (Å²) in [5.41, 5.74) is 8.66. The SMILES string of the molecule is CC(C)=CCn1c(N2CCCC(N)C2)nc2c1c(=O)n(CCc1cccc(Br)c1)c(=O)n2C. The minimum absolute atomic E-state index is 0.0705. The van der Waals surface area contributed by atoms with Crippen LogP contribution in [0.4, 0.5) is 5.95 Å². The van der Waals surface area contributed by atoms with Gasteiger partial charge in [0.15, 0.2) is 11.2 Å². The molecular formula is C24H31BrN6O2.